The Morgan fingerprint density at radius 2 is 2.30 bits per heavy atom. The maximum Gasteiger partial charge on any atom is 0.356 e. The third-order valence-corrected chi connectivity index (χ3v) is 2.77. The van der Waals surface area contributed by atoms with Gasteiger partial charge in [0.15, 0.2) is 5.69 Å². The van der Waals surface area contributed by atoms with Crippen LogP contribution in [0.4, 0.5) is 11.5 Å². The number of carbonyl (C=O) groups excluding carboxylic acids is 1. The number of methoxy groups -OCH3 is 1. The fourth-order valence-electron chi connectivity index (χ4n) is 1.66. The first kappa shape index (κ1) is 13.8. The molecule has 0 saturated heterocycles. The van der Waals surface area contributed by atoms with Crippen LogP contribution in [-0.4, -0.2) is 39.4 Å². The van der Waals surface area contributed by atoms with Gasteiger partial charge in [-0.1, -0.05) is 0 Å². The van der Waals surface area contributed by atoms with Gasteiger partial charge < -0.3 is 20.4 Å². The highest BCUT2D eigenvalue weighted by molar-refractivity contribution is 5.88. The lowest BCUT2D eigenvalue weighted by Gasteiger charge is -2.09. The molecule has 0 spiro atoms. The molecule has 0 amide bonds. The summed E-state index contributed by atoms with van der Waals surface area (Å²) in [6, 6.07) is 3.14. The van der Waals surface area contributed by atoms with E-state index >= 15 is 0 Å². The molecule has 0 aliphatic heterocycles. The Kier molecular flexibility index (Phi) is 4.14. The summed E-state index contributed by atoms with van der Waals surface area (Å²) >= 11 is 0. The standard InChI is InChI=1S/C12H16N6O2/c1-18-7-15-17-10(18)5-6-14-11-8(13)3-4-9(16-11)12(19)20-2/h3-4,7H,5-6,13H2,1-2H3,(H,14,16). The van der Waals surface area contributed by atoms with Crippen LogP contribution in [0.25, 0.3) is 0 Å². The third-order valence-electron chi connectivity index (χ3n) is 2.77. The molecule has 0 radical (unpaired) electrons. The molecular formula is C12H16N6O2. The summed E-state index contributed by atoms with van der Waals surface area (Å²) in [4.78, 5) is 15.5. The van der Waals surface area contributed by atoms with E-state index in [1.54, 1.807) is 12.4 Å². The zero-order valence-corrected chi connectivity index (χ0v) is 11.3. The summed E-state index contributed by atoms with van der Waals surface area (Å²) in [7, 11) is 3.18. The van der Waals surface area contributed by atoms with Crippen molar-refractivity contribution >= 4 is 17.5 Å². The summed E-state index contributed by atoms with van der Waals surface area (Å²) in [6.45, 7) is 0.578. The zero-order chi connectivity index (χ0) is 14.5. The Balaban J connectivity index is 2.02. The van der Waals surface area contributed by atoms with Gasteiger partial charge in [-0.25, -0.2) is 9.78 Å². The van der Waals surface area contributed by atoms with E-state index in [2.05, 4.69) is 25.2 Å². The second-order valence-electron chi connectivity index (χ2n) is 4.16. The molecule has 8 nitrogen and oxygen atoms in total. The van der Waals surface area contributed by atoms with Crippen LogP contribution in [-0.2, 0) is 18.2 Å². The van der Waals surface area contributed by atoms with Crippen LogP contribution in [0.3, 0.4) is 0 Å². The summed E-state index contributed by atoms with van der Waals surface area (Å²) in [5.41, 5.74) is 6.49. The number of nitrogens with two attached hydrogens (primary N) is 1. The number of aryl methyl sites for hydroxylation is 1. The number of nitrogen functional groups attached to an aromatic ring is 1. The number of hydrogen-bond donors (Lipinski definition) is 2. The molecule has 2 rings (SSSR count). The second-order valence-corrected chi connectivity index (χ2v) is 4.16. The molecular weight excluding hydrogens is 260 g/mol. The summed E-state index contributed by atoms with van der Waals surface area (Å²) in [5, 5.41) is 10.8. The number of hydrogen-bond acceptors (Lipinski definition) is 7. The van der Waals surface area contributed by atoms with Gasteiger partial charge in [0.25, 0.3) is 0 Å². The molecule has 2 aromatic heterocycles. The maximum absolute atomic E-state index is 11.4. The first-order chi connectivity index (χ1) is 9.61. The summed E-state index contributed by atoms with van der Waals surface area (Å²) in [6.07, 6.45) is 2.31. The van der Waals surface area contributed by atoms with Crippen LogP contribution in [0, 0.1) is 0 Å². The lowest BCUT2D eigenvalue weighted by molar-refractivity contribution is 0.0594. The molecule has 0 atom stereocenters. The van der Waals surface area contributed by atoms with Crippen molar-refractivity contribution in [3.63, 3.8) is 0 Å². The van der Waals surface area contributed by atoms with Crippen molar-refractivity contribution in [2.45, 2.75) is 6.42 Å². The van der Waals surface area contributed by atoms with Crippen LogP contribution in [0.5, 0.6) is 0 Å². The largest absolute Gasteiger partial charge is 0.464 e. The first-order valence-electron chi connectivity index (χ1n) is 6.03. The van der Waals surface area contributed by atoms with Crippen molar-refractivity contribution in [2.24, 2.45) is 7.05 Å². The smallest absolute Gasteiger partial charge is 0.356 e. The lowest BCUT2D eigenvalue weighted by atomic mass is 10.3. The SMILES string of the molecule is COC(=O)c1ccc(N)c(NCCc2nncn2C)n1. The second kappa shape index (κ2) is 6.00. The van der Waals surface area contributed by atoms with Crippen LogP contribution in [0.15, 0.2) is 18.5 Å². The molecule has 0 aliphatic rings. The average Bonchev–Trinajstić information content (AvgIpc) is 2.85. The van der Waals surface area contributed by atoms with E-state index in [0.29, 0.717) is 24.5 Å². The fraction of sp³-hybridized carbons (Fsp3) is 0.333. The number of esters is 1. The van der Waals surface area contributed by atoms with Crippen molar-refractivity contribution in [1.82, 2.24) is 19.7 Å². The number of anilines is 2. The Labute approximate surface area is 116 Å². The maximum atomic E-state index is 11.4. The molecule has 106 valence electrons. The third kappa shape index (κ3) is 3.02. The number of aromatic nitrogens is 4. The molecule has 0 saturated carbocycles. The van der Waals surface area contributed by atoms with Crippen LogP contribution < -0.4 is 11.1 Å². The van der Waals surface area contributed by atoms with Crippen molar-refractivity contribution in [2.75, 3.05) is 24.7 Å². The minimum absolute atomic E-state index is 0.211. The van der Waals surface area contributed by atoms with Crippen LogP contribution in [0.1, 0.15) is 16.3 Å². The van der Waals surface area contributed by atoms with Crippen LogP contribution >= 0.6 is 0 Å². The minimum atomic E-state index is -0.499. The van der Waals surface area contributed by atoms with Gasteiger partial charge in [-0.05, 0) is 12.1 Å². The number of rotatable bonds is 5. The van der Waals surface area contributed by atoms with Gasteiger partial charge >= 0.3 is 5.97 Å². The number of ether oxygens (including phenoxy) is 1. The lowest BCUT2D eigenvalue weighted by Crippen LogP contribution is -2.13. The van der Waals surface area contributed by atoms with Gasteiger partial charge in [-0.15, -0.1) is 10.2 Å². The monoisotopic (exact) mass is 276 g/mol. The Morgan fingerprint density at radius 1 is 1.50 bits per heavy atom. The Morgan fingerprint density at radius 3 is 2.95 bits per heavy atom. The molecule has 0 unspecified atom stereocenters. The quantitative estimate of drug-likeness (QED) is 0.753. The average molecular weight is 276 g/mol. The molecule has 0 fully saturated rings. The van der Waals surface area contributed by atoms with E-state index in [1.807, 2.05) is 11.6 Å². The number of pyridine rings is 1. The zero-order valence-electron chi connectivity index (χ0n) is 11.3. The molecule has 8 heteroatoms. The molecule has 0 bridgehead atoms. The van der Waals surface area contributed by atoms with E-state index in [4.69, 9.17) is 5.73 Å². The first-order valence-corrected chi connectivity index (χ1v) is 6.03. The van der Waals surface area contributed by atoms with Crippen LogP contribution in [0.2, 0.25) is 0 Å². The predicted molar refractivity (Wildman–Crippen MR) is 73.2 cm³/mol. The van der Waals surface area contributed by atoms with Crippen molar-refractivity contribution in [3.8, 4) is 0 Å². The van der Waals surface area contributed by atoms with E-state index in [0.717, 1.165) is 5.82 Å². The van der Waals surface area contributed by atoms with Crippen molar-refractivity contribution < 1.29 is 9.53 Å². The topological polar surface area (TPSA) is 108 Å². The molecule has 0 aliphatic carbocycles. The Bertz CT molecular complexity index is 610. The molecule has 0 aromatic carbocycles. The highest BCUT2D eigenvalue weighted by atomic mass is 16.5. The van der Waals surface area contributed by atoms with E-state index in [1.165, 1.54) is 13.2 Å². The molecule has 2 aromatic rings. The highest BCUT2D eigenvalue weighted by Crippen LogP contribution is 2.16. The van der Waals surface area contributed by atoms with Gasteiger partial charge in [0.1, 0.15) is 18.0 Å². The van der Waals surface area contributed by atoms with Crippen molar-refractivity contribution in [1.29, 1.82) is 0 Å². The van der Waals surface area contributed by atoms with Gasteiger partial charge in [0.2, 0.25) is 0 Å². The van der Waals surface area contributed by atoms with Crippen molar-refractivity contribution in [3.05, 3.63) is 30.0 Å². The number of carbonyl (C=O) groups is 1. The van der Waals surface area contributed by atoms with E-state index in [9.17, 15) is 4.79 Å². The van der Waals surface area contributed by atoms with Gasteiger partial charge in [-0.2, -0.15) is 0 Å². The minimum Gasteiger partial charge on any atom is -0.464 e. The highest BCUT2D eigenvalue weighted by Gasteiger charge is 2.10. The molecule has 2 heterocycles. The normalized spacial score (nSPS) is 10.3. The van der Waals surface area contributed by atoms with Gasteiger partial charge in [0.05, 0.1) is 12.8 Å². The predicted octanol–water partition coefficient (Wildman–Crippen LogP) is 0.233. The number of nitrogens with one attached hydrogen (secondary N) is 1. The summed E-state index contributed by atoms with van der Waals surface area (Å²) < 4.78 is 6.46. The number of nitrogens with zero attached hydrogens (tertiary/aromatic N) is 4. The summed E-state index contributed by atoms with van der Waals surface area (Å²) in [5.74, 6) is 0.802. The van der Waals surface area contributed by atoms with E-state index in [-0.39, 0.29) is 5.69 Å². The van der Waals surface area contributed by atoms with Gasteiger partial charge in [-0.3, -0.25) is 0 Å². The fourth-order valence-corrected chi connectivity index (χ4v) is 1.66. The molecule has 20 heavy (non-hydrogen) atoms. The Hall–Kier alpha value is -2.64. The molecule has 3 N–H and O–H groups in total. The van der Waals surface area contributed by atoms with E-state index < -0.39 is 5.97 Å². The van der Waals surface area contributed by atoms with Gasteiger partial charge in [0, 0.05) is 20.0 Å².